The summed E-state index contributed by atoms with van der Waals surface area (Å²) >= 11 is 0. The molecule has 3 rings (SSSR count). The van der Waals surface area contributed by atoms with Crippen LogP contribution in [0.4, 0.5) is 23.9 Å². The van der Waals surface area contributed by atoms with E-state index < -0.39 is 44.5 Å². The second-order valence-electron chi connectivity index (χ2n) is 11.4. The highest BCUT2D eigenvalue weighted by Gasteiger charge is 2.47. The van der Waals surface area contributed by atoms with Gasteiger partial charge in [0.05, 0.1) is 24.3 Å². The quantitative estimate of drug-likeness (QED) is 0.479. The molecule has 0 unspecified atom stereocenters. The minimum absolute atomic E-state index is 0.0424. The summed E-state index contributed by atoms with van der Waals surface area (Å²) < 4.78 is 56.3. The maximum atomic E-state index is 13.3. The van der Waals surface area contributed by atoms with Crippen LogP contribution in [0.2, 0.25) is 18.1 Å². The molecular formula is C24H38F3N5O5Si. The second-order valence-corrected chi connectivity index (χ2v) is 16.1. The molecule has 1 aromatic heterocycles. The number of rotatable bonds is 8. The van der Waals surface area contributed by atoms with Gasteiger partial charge in [0.2, 0.25) is 5.95 Å². The molecule has 0 radical (unpaired) electrons. The molecule has 2 fully saturated rings. The Balaban J connectivity index is 1.76. The summed E-state index contributed by atoms with van der Waals surface area (Å²) in [7, 11) is -2.28. The fraction of sp³-hybridized carbons (Fsp3) is 0.750. The lowest BCUT2D eigenvalue weighted by molar-refractivity contribution is -0.142. The molecule has 1 aromatic rings. The number of aromatic nitrogens is 2. The van der Waals surface area contributed by atoms with Crippen LogP contribution in [-0.4, -0.2) is 85.8 Å². The summed E-state index contributed by atoms with van der Waals surface area (Å²) in [6.07, 6.45) is -4.49. The molecule has 214 valence electrons. The van der Waals surface area contributed by atoms with Crippen LogP contribution in [0.1, 0.15) is 46.1 Å². The number of primary amides is 1. The van der Waals surface area contributed by atoms with E-state index in [0.29, 0.717) is 32.5 Å². The number of carbonyl (C=O) groups excluding carboxylic acids is 2. The van der Waals surface area contributed by atoms with Gasteiger partial charge in [-0.3, -0.25) is 4.79 Å². The van der Waals surface area contributed by atoms with E-state index in [-0.39, 0.29) is 29.5 Å². The zero-order valence-corrected chi connectivity index (χ0v) is 23.7. The van der Waals surface area contributed by atoms with Crippen molar-refractivity contribution in [1.82, 2.24) is 14.9 Å². The number of halogens is 3. The van der Waals surface area contributed by atoms with Crippen LogP contribution >= 0.6 is 0 Å². The van der Waals surface area contributed by atoms with Crippen molar-refractivity contribution in [2.75, 3.05) is 31.1 Å². The number of likely N-dealkylation sites (tertiary alicyclic amines) is 1. The van der Waals surface area contributed by atoms with Crippen molar-refractivity contribution in [3.05, 3.63) is 18.0 Å². The Labute approximate surface area is 222 Å². The SMILES string of the molecule is C[C@@H](CO[C@@H]1CCN([C@@H]2CCN(c3ncc(C(F)(F)F)cn3)C[C@@H]2O[Si](C)(C)C(C)(C)C)C1=O)OC(N)=O. The Morgan fingerprint density at radius 3 is 2.37 bits per heavy atom. The minimum atomic E-state index is -4.52. The lowest BCUT2D eigenvalue weighted by Crippen LogP contribution is -2.60. The van der Waals surface area contributed by atoms with Crippen LogP contribution in [-0.2, 0) is 24.9 Å². The lowest BCUT2D eigenvalue weighted by atomic mass is 10.0. The predicted molar refractivity (Wildman–Crippen MR) is 136 cm³/mol. The zero-order valence-electron chi connectivity index (χ0n) is 22.7. The van der Waals surface area contributed by atoms with Gasteiger partial charge in [-0.25, -0.2) is 14.8 Å². The van der Waals surface area contributed by atoms with Gasteiger partial charge in [-0.2, -0.15) is 13.2 Å². The smallest absolute Gasteiger partial charge is 0.419 e. The first-order valence-corrected chi connectivity index (χ1v) is 15.6. The van der Waals surface area contributed by atoms with Gasteiger partial charge in [0.1, 0.15) is 12.2 Å². The molecule has 0 aliphatic carbocycles. The monoisotopic (exact) mass is 561 g/mol. The van der Waals surface area contributed by atoms with Crippen LogP contribution in [0.25, 0.3) is 0 Å². The number of amides is 2. The first-order chi connectivity index (χ1) is 17.5. The van der Waals surface area contributed by atoms with E-state index in [1.807, 2.05) is 4.90 Å². The third-order valence-corrected chi connectivity index (χ3v) is 12.0. The minimum Gasteiger partial charge on any atom is -0.444 e. The summed E-state index contributed by atoms with van der Waals surface area (Å²) in [4.78, 5) is 35.8. The van der Waals surface area contributed by atoms with Crippen molar-refractivity contribution >= 4 is 26.3 Å². The number of nitrogens with zero attached hydrogens (tertiary/aromatic N) is 4. The molecule has 2 N–H and O–H groups in total. The highest BCUT2D eigenvalue weighted by molar-refractivity contribution is 6.74. The van der Waals surface area contributed by atoms with Crippen LogP contribution in [0.15, 0.2) is 12.4 Å². The molecular weight excluding hydrogens is 523 g/mol. The van der Waals surface area contributed by atoms with Crippen LogP contribution < -0.4 is 10.6 Å². The van der Waals surface area contributed by atoms with Gasteiger partial charge in [-0.1, -0.05) is 20.8 Å². The first kappa shape index (κ1) is 30.1. The van der Waals surface area contributed by atoms with Gasteiger partial charge in [0, 0.05) is 38.4 Å². The molecule has 0 spiro atoms. The third-order valence-electron chi connectivity index (χ3n) is 7.47. The Bertz CT molecular complexity index is 989. The Morgan fingerprint density at radius 2 is 1.82 bits per heavy atom. The van der Waals surface area contributed by atoms with Gasteiger partial charge < -0.3 is 29.4 Å². The second kappa shape index (κ2) is 11.3. The van der Waals surface area contributed by atoms with Crippen molar-refractivity contribution in [2.24, 2.45) is 5.73 Å². The van der Waals surface area contributed by atoms with Crippen molar-refractivity contribution in [2.45, 2.75) is 89.2 Å². The van der Waals surface area contributed by atoms with E-state index in [4.69, 9.17) is 19.6 Å². The lowest BCUT2D eigenvalue weighted by Gasteiger charge is -2.47. The third kappa shape index (κ3) is 7.14. The van der Waals surface area contributed by atoms with Crippen LogP contribution in [0.5, 0.6) is 0 Å². The Kier molecular flexibility index (Phi) is 8.98. The largest absolute Gasteiger partial charge is 0.444 e. The number of nitrogens with two attached hydrogens (primary N) is 1. The maximum Gasteiger partial charge on any atom is 0.419 e. The normalized spacial score (nSPS) is 24.0. The Hall–Kier alpha value is -2.45. The number of carbonyl (C=O) groups is 2. The van der Waals surface area contributed by atoms with Gasteiger partial charge in [-0.15, -0.1) is 0 Å². The number of piperidine rings is 1. The molecule has 38 heavy (non-hydrogen) atoms. The number of alkyl halides is 3. The number of anilines is 1. The van der Waals surface area contributed by atoms with Crippen molar-refractivity contribution in [1.29, 1.82) is 0 Å². The average Bonchev–Trinajstić information content (AvgIpc) is 3.15. The molecule has 0 aromatic carbocycles. The van der Waals surface area contributed by atoms with Gasteiger partial charge >= 0.3 is 12.3 Å². The van der Waals surface area contributed by atoms with Crippen molar-refractivity contribution in [3.63, 3.8) is 0 Å². The number of ether oxygens (including phenoxy) is 2. The fourth-order valence-electron chi connectivity index (χ4n) is 4.39. The number of hydrogen-bond donors (Lipinski definition) is 1. The average molecular weight is 562 g/mol. The van der Waals surface area contributed by atoms with Gasteiger partial charge in [-0.05, 0) is 31.5 Å². The van der Waals surface area contributed by atoms with Crippen molar-refractivity contribution in [3.8, 4) is 0 Å². The Morgan fingerprint density at radius 1 is 1.18 bits per heavy atom. The molecule has 14 heteroatoms. The first-order valence-electron chi connectivity index (χ1n) is 12.7. The van der Waals surface area contributed by atoms with Gasteiger partial charge in [0.15, 0.2) is 8.32 Å². The molecule has 0 saturated carbocycles. The zero-order chi connectivity index (χ0) is 28.5. The summed E-state index contributed by atoms with van der Waals surface area (Å²) in [5, 5.41) is -0.0953. The van der Waals surface area contributed by atoms with Crippen molar-refractivity contribution < 1.29 is 36.7 Å². The molecule has 4 atom stereocenters. The fourth-order valence-corrected chi connectivity index (χ4v) is 5.73. The summed E-state index contributed by atoms with van der Waals surface area (Å²) in [5.74, 6) is 0.0296. The summed E-state index contributed by atoms with van der Waals surface area (Å²) in [6, 6.07) is -0.241. The molecule has 10 nitrogen and oxygen atoms in total. The van der Waals surface area contributed by atoms with E-state index in [2.05, 4.69) is 43.8 Å². The molecule has 2 aliphatic rings. The van der Waals surface area contributed by atoms with Gasteiger partial charge in [0.25, 0.3) is 5.91 Å². The molecule has 2 amide bonds. The van der Waals surface area contributed by atoms with Crippen LogP contribution in [0.3, 0.4) is 0 Å². The highest BCUT2D eigenvalue weighted by atomic mass is 28.4. The predicted octanol–water partition coefficient (Wildman–Crippen LogP) is 3.57. The summed E-state index contributed by atoms with van der Waals surface area (Å²) in [6.45, 7) is 13.5. The number of hydrogen-bond acceptors (Lipinski definition) is 8. The molecule has 2 saturated heterocycles. The van der Waals surface area contributed by atoms with E-state index in [9.17, 15) is 22.8 Å². The van der Waals surface area contributed by atoms with Crippen LogP contribution in [0, 0.1) is 0 Å². The van der Waals surface area contributed by atoms with E-state index in [1.54, 1.807) is 11.8 Å². The highest BCUT2D eigenvalue weighted by Crippen LogP contribution is 2.39. The van der Waals surface area contributed by atoms with E-state index in [0.717, 1.165) is 12.4 Å². The maximum absolute atomic E-state index is 13.3. The molecule has 2 aliphatic heterocycles. The van der Waals surface area contributed by atoms with E-state index >= 15 is 0 Å². The molecule has 3 heterocycles. The standard InChI is InChI=1S/C24H38F3N5O5Si/c1-15(36-21(28)34)14-35-18-8-10-32(20(18)33)17-7-9-31(13-19(17)37-38(5,6)23(2,3)4)22-29-11-16(12-30-22)24(25,26)27/h11-12,15,17-19H,7-10,13-14H2,1-6H3,(H2,28,34)/t15-,17+,18+,19-/m0/s1. The summed E-state index contributed by atoms with van der Waals surface area (Å²) in [5.41, 5.74) is 4.13. The molecule has 0 bridgehead atoms. The topological polar surface area (TPSA) is 120 Å². The van der Waals surface area contributed by atoms with E-state index in [1.165, 1.54) is 0 Å².